The van der Waals surface area contributed by atoms with Crippen molar-refractivity contribution in [2.24, 2.45) is 5.73 Å². The molecule has 0 amide bonds. The Hall–Kier alpha value is -1.07. The van der Waals surface area contributed by atoms with Crippen molar-refractivity contribution in [2.75, 3.05) is 0 Å². The van der Waals surface area contributed by atoms with Gasteiger partial charge in [0.25, 0.3) is 0 Å². The first-order chi connectivity index (χ1) is 8.33. The number of rotatable bonds is 1. The molecule has 2 nitrogen and oxygen atoms in total. The van der Waals surface area contributed by atoms with E-state index in [0.29, 0.717) is 25.7 Å². The first-order valence-electron chi connectivity index (χ1n) is 5.96. The number of hydrogen-bond donors (Lipinski definition) is 2. The summed E-state index contributed by atoms with van der Waals surface area (Å²) in [6, 6.07) is 5.45. The fourth-order valence-electron chi connectivity index (χ4n) is 2.55. The molecule has 1 aliphatic carbocycles. The predicted molar refractivity (Wildman–Crippen MR) is 61.8 cm³/mol. The molecular formula is C13H16F3NO. The second-order valence-corrected chi connectivity index (χ2v) is 4.93. The smallest absolute Gasteiger partial charge is 0.393 e. The molecule has 100 valence electrons. The van der Waals surface area contributed by atoms with Crippen LogP contribution in [0, 0.1) is 0 Å². The summed E-state index contributed by atoms with van der Waals surface area (Å²) < 4.78 is 38.8. The van der Waals surface area contributed by atoms with Crippen molar-refractivity contribution in [3.05, 3.63) is 35.4 Å². The molecule has 0 heterocycles. The highest BCUT2D eigenvalue weighted by Crippen LogP contribution is 2.41. The number of aliphatic hydroxyl groups excluding tert-OH is 1. The summed E-state index contributed by atoms with van der Waals surface area (Å²) in [7, 11) is 0. The van der Waals surface area contributed by atoms with Crippen LogP contribution in [0.3, 0.4) is 0 Å². The predicted octanol–water partition coefficient (Wildman–Crippen LogP) is 2.79. The van der Waals surface area contributed by atoms with Gasteiger partial charge < -0.3 is 10.8 Å². The van der Waals surface area contributed by atoms with Crippen molar-refractivity contribution >= 4 is 0 Å². The van der Waals surface area contributed by atoms with Gasteiger partial charge in [-0.3, -0.25) is 0 Å². The van der Waals surface area contributed by atoms with Crippen LogP contribution in [0.4, 0.5) is 13.2 Å². The number of halogens is 3. The number of aliphatic hydroxyl groups is 1. The van der Waals surface area contributed by atoms with Crippen molar-refractivity contribution in [1.29, 1.82) is 0 Å². The highest BCUT2D eigenvalue weighted by molar-refractivity contribution is 5.36. The molecule has 3 N–H and O–H groups in total. The van der Waals surface area contributed by atoms with Crippen LogP contribution >= 0.6 is 0 Å². The topological polar surface area (TPSA) is 46.2 Å². The third-order valence-corrected chi connectivity index (χ3v) is 3.62. The van der Waals surface area contributed by atoms with Crippen LogP contribution in [0.5, 0.6) is 0 Å². The molecule has 1 saturated carbocycles. The van der Waals surface area contributed by atoms with Crippen molar-refractivity contribution in [2.45, 2.75) is 43.5 Å². The molecule has 2 rings (SSSR count). The number of hydrogen-bond acceptors (Lipinski definition) is 2. The van der Waals surface area contributed by atoms with Crippen LogP contribution in [0.15, 0.2) is 24.3 Å². The molecular weight excluding hydrogens is 243 g/mol. The summed E-state index contributed by atoms with van der Waals surface area (Å²) in [5.41, 5.74) is 4.63. The van der Waals surface area contributed by atoms with Gasteiger partial charge in [-0.15, -0.1) is 0 Å². The molecule has 5 heteroatoms. The zero-order valence-electron chi connectivity index (χ0n) is 9.87. The van der Waals surface area contributed by atoms with Crippen molar-refractivity contribution in [1.82, 2.24) is 0 Å². The lowest BCUT2D eigenvalue weighted by molar-refractivity contribution is -0.139. The monoisotopic (exact) mass is 259 g/mol. The Kier molecular flexibility index (Phi) is 3.38. The minimum Gasteiger partial charge on any atom is -0.393 e. The molecule has 0 radical (unpaired) electrons. The van der Waals surface area contributed by atoms with Gasteiger partial charge in [0, 0.05) is 5.54 Å². The number of nitrogens with two attached hydrogens (primary N) is 1. The van der Waals surface area contributed by atoms with E-state index in [1.807, 2.05) is 0 Å². The van der Waals surface area contributed by atoms with Gasteiger partial charge in [-0.2, -0.15) is 13.2 Å². The lowest BCUT2D eigenvalue weighted by atomic mass is 9.75. The molecule has 0 spiro atoms. The van der Waals surface area contributed by atoms with Gasteiger partial charge >= 0.3 is 6.18 Å². The summed E-state index contributed by atoms with van der Waals surface area (Å²) in [5, 5.41) is 9.44. The van der Waals surface area contributed by atoms with Crippen molar-refractivity contribution in [3.63, 3.8) is 0 Å². The lowest BCUT2D eigenvalue weighted by Gasteiger charge is -2.37. The minimum absolute atomic E-state index is 0.143. The molecule has 0 atom stereocenters. The van der Waals surface area contributed by atoms with Crippen LogP contribution in [0.2, 0.25) is 0 Å². The van der Waals surface area contributed by atoms with E-state index in [4.69, 9.17) is 5.73 Å². The summed E-state index contributed by atoms with van der Waals surface area (Å²) in [6.45, 7) is 0. The van der Waals surface area contributed by atoms with Gasteiger partial charge in [-0.25, -0.2) is 0 Å². The number of alkyl halides is 3. The molecule has 1 aliphatic rings. The van der Waals surface area contributed by atoms with Crippen LogP contribution in [-0.4, -0.2) is 11.2 Å². The van der Waals surface area contributed by atoms with E-state index in [0.717, 1.165) is 6.07 Å². The molecule has 0 saturated heterocycles. The maximum Gasteiger partial charge on any atom is 0.416 e. The SMILES string of the molecule is NC1(c2ccccc2C(F)(F)F)CCC(O)CC1. The second-order valence-electron chi connectivity index (χ2n) is 4.93. The molecule has 1 fully saturated rings. The third-order valence-electron chi connectivity index (χ3n) is 3.62. The average molecular weight is 259 g/mol. The van der Waals surface area contributed by atoms with E-state index in [-0.39, 0.29) is 5.56 Å². The van der Waals surface area contributed by atoms with E-state index >= 15 is 0 Å². The van der Waals surface area contributed by atoms with Crippen LogP contribution in [0.1, 0.15) is 36.8 Å². The van der Waals surface area contributed by atoms with Crippen molar-refractivity contribution in [3.8, 4) is 0 Å². The molecule has 0 bridgehead atoms. The Morgan fingerprint density at radius 1 is 1.17 bits per heavy atom. The van der Waals surface area contributed by atoms with Crippen LogP contribution < -0.4 is 5.73 Å². The van der Waals surface area contributed by atoms with E-state index < -0.39 is 23.4 Å². The van der Waals surface area contributed by atoms with Gasteiger partial charge in [0.05, 0.1) is 11.7 Å². The lowest BCUT2D eigenvalue weighted by Crippen LogP contribution is -2.43. The molecule has 0 aromatic heterocycles. The molecule has 0 aliphatic heterocycles. The Labute approximate surface area is 104 Å². The maximum atomic E-state index is 12.9. The van der Waals surface area contributed by atoms with Crippen molar-refractivity contribution < 1.29 is 18.3 Å². The third kappa shape index (κ3) is 2.52. The van der Waals surface area contributed by atoms with Gasteiger partial charge in [-0.05, 0) is 37.3 Å². The first kappa shape index (κ1) is 13.4. The van der Waals surface area contributed by atoms with E-state index in [1.165, 1.54) is 12.1 Å². The molecule has 18 heavy (non-hydrogen) atoms. The van der Waals surface area contributed by atoms with Gasteiger partial charge in [0.1, 0.15) is 0 Å². The highest BCUT2D eigenvalue weighted by atomic mass is 19.4. The van der Waals surface area contributed by atoms with Gasteiger partial charge in [0.15, 0.2) is 0 Å². The first-order valence-corrected chi connectivity index (χ1v) is 5.96. The normalized spacial score (nSPS) is 29.3. The summed E-state index contributed by atoms with van der Waals surface area (Å²) in [5.74, 6) is 0. The zero-order valence-corrected chi connectivity index (χ0v) is 9.87. The summed E-state index contributed by atoms with van der Waals surface area (Å²) >= 11 is 0. The Bertz CT molecular complexity index is 422. The maximum absolute atomic E-state index is 12.9. The second kappa shape index (κ2) is 4.55. The van der Waals surface area contributed by atoms with Crippen LogP contribution in [0.25, 0.3) is 0 Å². The molecule has 1 aromatic rings. The fraction of sp³-hybridized carbons (Fsp3) is 0.538. The zero-order chi connectivity index (χ0) is 13.4. The highest BCUT2D eigenvalue weighted by Gasteiger charge is 2.41. The Morgan fingerprint density at radius 3 is 2.28 bits per heavy atom. The average Bonchev–Trinajstić information content (AvgIpc) is 2.32. The Balaban J connectivity index is 2.39. The largest absolute Gasteiger partial charge is 0.416 e. The summed E-state index contributed by atoms with van der Waals surface area (Å²) in [6.07, 6.45) is -3.19. The van der Waals surface area contributed by atoms with Gasteiger partial charge in [0.2, 0.25) is 0 Å². The molecule has 1 aromatic carbocycles. The quantitative estimate of drug-likeness (QED) is 0.814. The van der Waals surface area contributed by atoms with E-state index in [9.17, 15) is 18.3 Å². The summed E-state index contributed by atoms with van der Waals surface area (Å²) in [4.78, 5) is 0. The number of benzene rings is 1. The van der Waals surface area contributed by atoms with Crippen LogP contribution in [-0.2, 0) is 11.7 Å². The Morgan fingerprint density at radius 2 is 1.72 bits per heavy atom. The molecule has 0 unspecified atom stereocenters. The standard InChI is InChI=1S/C13H16F3NO/c14-13(15,16)11-4-2-1-3-10(11)12(17)7-5-9(18)6-8-12/h1-4,9,18H,5-8,17H2. The van der Waals surface area contributed by atoms with Gasteiger partial charge in [-0.1, -0.05) is 18.2 Å². The van der Waals surface area contributed by atoms with E-state index in [2.05, 4.69) is 0 Å². The minimum atomic E-state index is -4.39. The van der Waals surface area contributed by atoms with E-state index in [1.54, 1.807) is 6.07 Å². The fourth-order valence-corrected chi connectivity index (χ4v) is 2.55.